The van der Waals surface area contributed by atoms with Gasteiger partial charge in [-0.05, 0) is 31.5 Å². The fourth-order valence-corrected chi connectivity index (χ4v) is 2.27. The monoisotopic (exact) mass is 315 g/mol. The van der Waals surface area contributed by atoms with Gasteiger partial charge in [0.25, 0.3) is 5.91 Å². The van der Waals surface area contributed by atoms with Crippen molar-refractivity contribution in [3.8, 4) is 0 Å². The van der Waals surface area contributed by atoms with Crippen molar-refractivity contribution in [1.29, 1.82) is 0 Å². The second-order valence-corrected chi connectivity index (χ2v) is 5.24. The van der Waals surface area contributed by atoms with Crippen molar-refractivity contribution in [1.82, 2.24) is 5.43 Å². The Balaban J connectivity index is 2.23. The van der Waals surface area contributed by atoms with E-state index in [0.717, 1.165) is 6.42 Å². The molecule has 0 saturated carbocycles. The lowest BCUT2D eigenvalue weighted by Crippen LogP contribution is -2.36. The van der Waals surface area contributed by atoms with E-state index in [9.17, 15) is 4.79 Å². The maximum Gasteiger partial charge on any atom is 0.292 e. The van der Waals surface area contributed by atoms with Crippen LogP contribution in [0.25, 0.3) is 0 Å². The van der Waals surface area contributed by atoms with Crippen molar-refractivity contribution >= 4 is 40.5 Å². The van der Waals surface area contributed by atoms with Crippen LogP contribution in [0.4, 0.5) is 5.69 Å². The Morgan fingerprint density at radius 3 is 2.85 bits per heavy atom. The van der Waals surface area contributed by atoms with Crippen molar-refractivity contribution < 1.29 is 9.63 Å². The molecule has 1 aliphatic heterocycles. The maximum absolute atomic E-state index is 12.3. The van der Waals surface area contributed by atoms with Crippen LogP contribution in [0.1, 0.15) is 20.3 Å². The standard InChI is InChI=1S/C13H15Cl2N3O2/c1-3-6-20-17-12-8(2)16-18(13(12)19)11-5-4-9(14)7-10(11)15/h4-5,7-8,16H,3,6H2,1-2H3. The molecule has 1 N–H and O–H groups in total. The lowest BCUT2D eigenvalue weighted by Gasteiger charge is -2.17. The zero-order valence-corrected chi connectivity index (χ0v) is 12.7. The van der Waals surface area contributed by atoms with Crippen molar-refractivity contribution in [2.45, 2.75) is 26.3 Å². The Bertz CT molecular complexity index is 548. The second-order valence-electron chi connectivity index (χ2n) is 4.40. The van der Waals surface area contributed by atoms with Crippen LogP contribution in [0.2, 0.25) is 10.0 Å². The average Bonchev–Trinajstić information content (AvgIpc) is 2.67. The van der Waals surface area contributed by atoms with Crippen LogP contribution in [0, 0.1) is 0 Å². The van der Waals surface area contributed by atoms with E-state index >= 15 is 0 Å². The number of amides is 1. The Hall–Kier alpha value is -1.30. The predicted molar refractivity (Wildman–Crippen MR) is 80.2 cm³/mol. The summed E-state index contributed by atoms with van der Waals surface area (Å²) in [5.41, 5.74) is 3.86. The highest BCUT2D eigenvalue weighted by molar-refractivity contribution is 6.48. The number of hydrogen-bond donors (Lipinski definition) is 1. The minimum absolute atomic E-state index is 0.244. The summed E-state index contributed by atoms with van der Waals surface area (Å²) < 4.78 is 0. The lowest BCUT2D eigenvalue weighted by atomic mass is 10.2. The van der Waals surface area contributed by atoms with E-state index in [4.69, 9.17) is 28.0 Å². The number of halogens is 2. The molecule has 20 heavy (non-hydrogen) atoms. The van der Waals surface area contributed by atoms with E-state index < -0.39 is 0 Å². The molecule has 108 valence electrons. The van der Waals surface area contributed by atoms with Gasteiger partial charge in [-0.1, -0.05) is 35.3 Å². The Morgan fingerprint density at radius 2 is 2.20 bits per heavy atom. The number of anilines is 1. The molecule has 1 aromatic carbocycles. The molecule has 0 bridgehead atoms. The van der Waals surface area contributed by atoms with Crippen LogP contribution in [0.15, 0.2) is 23.4 Å². The summed E-state index contributed by atoms with van der Waals surface area (Å²) in [7, 11) is 0. The fourth-order valence-electron chi connectivity index (χ4n) is 1.78. The Labute approximate surface area is 127 Å². The normalized spacial score (nSPS) is 20.8. The van der Waals surface area contributed by atoms with Gasteiger partial charge in [0.1, 0.15) is 6.61 Å². The van der Waals surface area contributed by atoms with Gasteiger partial charge in [0.15, 0.2) is 5.71 Å². The first kappa shape index (κ1) is 15.1. The molecule has 1 heterocycles. The van der Waals surface area contributed by atoms with Gasteiger partial charge in [0.05, 0.1) is 16.8 Å². The number of carbonyl (C=O) groups excluding carboxylic acids is 1. The number of oxime groups is 1. The number of benzene rings is 1. The molecule has 1 amide bonds. The minimum atomic E-state index is -0.280. The van der Waals surface area contributed by atoms with Crippen LogP contribution in [-0.4, -0.2) is 24.3 Å². The summed E-state index contributed by atoms with van der Waals surface area (Å²) in [6, 6.07) is 4.69. The smallest absolute Gasteiger partial charge is 0.292 e. The van der Waals surface area contributed by atoms with Gasteiger partial charge in [0, 0.05) is 5.02 Å². The van der Waals surface area contributed by atoms with Gasteiger partial charge in [0.2, 0.25) is 0 Å². The predicted octanol–water partition coefficient (Wildman–Crippen LogP) is 3.02. The van der Waals surface area contributed by atoms with Crippen molar-refractivity contribution in [2.75, 3.05) is 11.6 Å². The van der Waals surface area contributed by atoms with Gasteiger partial charge in [-0.3, -0.25) is 4.79 Å². The average molecular weight is 316 g/mol. The van der Waals surface area contributed by atoms with Crippen molar-refractivity contribution in [3.05, 3.63) is 28.2 Å². The molecule has 0 aliphatic carbocycles. The maximum atomic E-state index is 12.3. The number of hydrazine groups is 1. The molecular weight excluding hydrogens is 301 g/mol. The van der Waals surface area contributed by atoms with Gasteiger partial charge in [-0.2, -0.15) is 0 Å². The van der Waals surface area contributed by atoms with Crippen molar-refractivity contribution in [3.63, 3.8) is 0 Å². The molecule has 0 radical (unpaired) electrons. The molecule has 5 nitrogen and oxygen atoms in total. The molecular formula is C13H15Cl2N3O2. The third-order valence-electron chi connectivity index (χ3n) is 2.76. The lowest BCUT2D eigenvalue weighted by molar-refractivity contribution is -0.112. The minimum Gasteiger partial charge on any atom is -0.395 e. The number of rotatable bonds is 4. The quantitative estimate of drug-likeness (QED) is 0.686. The first-order chi connectivity index (χ1) is 9.54. The first-order valence-electron chi connectivity index (χ1n) is 6.30. The summed E-state index contributed by atoms with van der Waals surface area (Å²) in [6.45, 7) is 4.28. The third kappa shape index (κ3) is 3.06. The van der Waals surface area contributed by atoms with Crippen LogP contribution in [-0.2, 0) is 9.63 Å². The van der Waals surface area contributed by atoms with Gasteiger partial charge < -0.3 is 4.84 Å². The molecule has 1 aromatic rings. The molecule has 0 aromatic heterocycles. The molecule has 1 fully saturated rings. The molecule has 1 atom stereocenters. The van der Waals surface area contributed by atoms with Crippen LogP contribution in [0.5, 0.6) is 0 Å². The molecule has 1 aliphatic rings. The van der Waals surface area contributed by atoms with Gasteiger partial charge in [-0.25, -0.2) is 10.4 Å². The number of carbonyl (C=O) groups is 1. The van der Waals surface area contributed by atoms with Crippen LogP contribution < -0.4 is 10.4 Å². The largest absolute Gasteiger partial charge is 0.395 e. The zero-order valence-electron chi connectivity index (χ0n) is 11.2. The SMILES string of the molecule is CCCON=C1C(=O)N(c2ccc(Cl)cc2Cl)NC1C. The van der Waals surface area contributed by atoms with Crippen LogP contribution in [0.3, 0.4) is 0 Å². The van der Waals surface area contributed by atoms with E-state index in [2.05, 4.69) is 10.6 Å². The van der Waals surface area contributed by atoms with E-state index in [1.807, 2.05) is 13.8 Å². The number of nitrogens with one attached hydrogen (secondary N) is 1. The van der Waals surface area contributed by atoms with Crippen molar-refractivity contribution in [2.24, 2.45) is 5.16 Å². The van der Waals surface area contributed by atoms with E-state index in [-0.39, 0.29) is 11.9 Å². The highest BCUT2D eigenvalue weighted by Gasteiger charge is 2.36. The first-order valence-corrected chi connectivity index (χ1v) is 7.05. The molecule has 7 heteroatoms. The highest BCUT2D eigenvalue weighted by Crippen LogP contribution is 2.29. The zero-order chi connectivity index (χ0) is 14.7. The second kappa shape index (κ2) is 6.43. The molecule has 2 rings (SSSR count). The van der Waals surface area contributed by atoms with E-state index in [1.54, 1.807) is 18.2 Å². The third-order valence-corrected chi connectivity index (χ3v) is 3.30. The molecule has 0 spiro atoms. The number of nitrogens with zero attached hydrogens (tertiary/aromatic N) is 2. The fraction of sp³-hybridized carbons (Fsp3) is 0.385. The van der Waals surface area contributed by atoms with Gasteiger partial charge >= 0.3 is 0 Å². The summed E-state index contributed by atoms with van der Waals surface area (Å²) in [5.74, 6) is -0.280. The summed E-state index contributed by atoms with van der Waals surface area (Å²) in [4.78, 5) is 17.4. The summed E-state index contributed by atoms with van der Waals surface area (Å²) in [6.07, 6.45) is 0.833. The highest BCUT2D eigenvalue weighted by atomic mass is 35.5. The van der Waals surface area contributed by atoms with E-state index in [1.165, 1.54) is 5.01 Å². The Morgan fingerprint density at radius 1 is 1.45 bits per heavy atom. The van der Waals surface area contributed by atoms with E-state index in [0.29, 0.717) is 28.1 Å². The summed E-state index contributed by atoms with van der Waals surface area (Å²) >= 11 is 12.0. The topological polar surface area (TPSA) is 53.9 Å². The summed E-state index contributed by atoms with van der Waals surface area (Å²) in [5, 5.41) is 6.15. The van der Waals surface area contributed by atoms with Gasteiger partial charge in [-0.15, -0.1) is 0 Å². The molecule has 1 saturated heterocycles. The molecule has 1 unspecified atom stereocenters. The number of hydrogen-bond acceptors (Lipinski definition) is 4. The van der Waals surface area contributed by atoms with Crippen LogP contribution >= 0.6 is 23.2 Å². The Kier molecular flexibility index (Phi) is 4.86.